The predicted octanol–water partition coefficient (Wildman–Crippen LogP) is 10.8. The van der Waals surface area contributed by atoms with Gasteiger partial charge in [0.1, 0.15) is 47.4 Å². The van der Waals surface area contributed by atoms with Gasteiger partial charge in [0.05, 0.1) is 29.6 Å². The van der Waals surface area contributed by atoms with Crippen LogP contribution in [0.15, 0.2) is 71.8 Å². The van der Waals surface area contributed by atoms with E-state index >= 15 is 9.59 Å². The number of ketones is 1. The van der Waals surface area contributed by atoms with Gasteiger partial charge >= 0.3 is 24.0 Å². The number of amides is 1. The number of ether oxygens (including phenoxy) is 6. The fraction of sp³-hybridized carbons (Fsp3) is 0.672. The van der Waals surface area contributed by atoms with Gasteiger partial charge in [0.2, 0.25) is 0 Å². The smallest absolute Gasteiger partial charge is 0.413 e. The molecule has 414 valence electrons. The molecule has 0 spiro atoms. The molecule has 15 nitrogen and oxygen atoms in total. The van der Waals surface area contributed by atoms with Crippen LogP contribution >= 0.6 is 0 Å². The number of Topliss-reactive ketones (excluding diaryl/α,β-unsaturated/α-hetero) is 1. The van der Waals surface area contributed by atoms with Crippen LogP contribution in [-0.4, -0.2) is 122 Å². The van der Waals surface area contributed by atoms with E-state index < -0.39 is 123 Å². The lowest BCUT2D eigenvalue weighted by Crippen LogP contribution is -2.82. The molecule has 1 amide bonds. The lowest BCUT2D eigenvalue weighted by molar-refractivity contribution is -0.344. The quantitative estimate of drug-likeness (QED) is 0.0725. The monoisotopic (exact) mass is 1080 g/mol. The molecule has 7 rings (SSSR count). The molecule has 17 heteroatoms. The average Bonchev–Trinajstić information content (AvgIpc) is 3.66. The Morgan fingerprint density at radius 3 is 1.85 bits per heavy atom. The topological polar surface area (TPSA) is 183 Å². The first-order valence-electron chi connectivity index (χ1n) is 27.4. The fourth-order valence-electron chi connectivity index (χ4n) is 13.5. The predicted molar refractivity (Wildman–Crippen MR) is 287 cm³/mol. The number of carbonyl (C=O) groups excluding carboxylic acids is 5. The average molecular weight is 1080 g/mol. The Hall–Kier alpha value is -4.24. The Morgan fingerprint density at radius 2 is 1.35 bits per heavy atom. The number of carbonyl (C=O) groups is 5. The van der Waals surface area contributed by atoms with Gasteiger partial charge in [-0.15, -0.1) is 0 Å². The van der Waals surface area contributed by atoms with E-state index in [4.69, 9.17) is 37.3 Å². The second-order valence-corrected chi connectivity index (χ2v) is 33.4. The second-order valence-electron chi connectivity index (χ2n) is 24.0. The molecule has 5 aliphatic rings. The minimum Gasteiger partial charge on any atom is -0.456 e. The fourth-order valence-corrected chi connectivity index (χ4v) is 19.1. The first kappa shape index (κ1) is 58.4. The summed E-state index contributed by atoms with van der Waals surface area (Å²) in [5.74, 6) is -3.91. The number of hydrogen-bond donors (Lipinski definition) is 1. The number of fused-ring (bicyclic) bond motifs is 5. The number of nitrogens with zero attached hydrogens (tertiary/aromatic N) is 1. The molecule has 2 heterocycles. The zero-order valence-electron chi connectivity index (χ0n) is 47.5. The molecule has 2 aliphatic heterocycles. The third-order valence-electron chi connectivity index (χ3n) is 18.3. The largest absolute Gasteiger partial charge is 0.456 e. The minimum absolute atomic E-state index is 0.154. The summed E-state index contributed by atoms with van der Waals surface area (Å²) in [6.45, 7) is 29.7. The molecule has 2 saturated heterocycles. The van der Waals surface area contributed by atoms with E-state index in [1.165, 1.54) is 11.8 Å². The molecule has 4 fully saturated rings. The van der Waals surface area contributed by atoms with E-state index in [1.807, 2.05) is 33.8 Å². The lowest BCUT2D eigenvalue weighted by atomic mass is 9.44. The van der Waals surface area contributed by atoms with Crippen LogP contribution in [0.1, 0.15) is 146 Å². The first-order chi connectivity index (χ1) is 35.0. The number of hydrogen-bond acceptors (Lipinski definition) is 14. The molecular formula is C58H85NO14Si2. The standard InChI is InChI=1S/C58H85NO14Si2/c1-17-74(18-2,19-3)72-41-33-42-57(35-66-42,69-37(8)60)47-49(68-50(62)39-31-27-24-28-32-39)58(65)34-40(36(7)43(54(58,12)13)45(48(61)56(41,47)16)73-75(20-4,21-5)22-6)67-51(63)46-44(38-29-25-23-26-30-38)59(55(14,15)70-46)52(64)71-53(9,10)11/h23-32,40-42,44-47,49,65H,17-22,33-35H2,1-16H3/t40-,41-,42+,44-,45+,46+,47?,49-,56+,57-,58+/m0/s1. The van der Waals surface area contributed by atoms with Gasteiger partial charge in [-0.2, -0.15) is 0 Å². The Labute approximate surface area is 447 Å². The summed E-state index contributed by atoms with van der Waals surface area (Å²) in [5, 5.41) is 14.6. The maximum atomic E-state index is 17.1. The van der Waals surface area contributed by atoms with Crippen molar-refractivity contribution in [1.29, 1.82) is 0 Å². The van der Waals surface area contributed by atoms with Crippen LogP contribution in [-0.2, 0) is 51.7 Å². The van der Waals surface area contributed by atoms with Crippen LogP contribution in [0.5, 0.6) is 0 Å². The van der Waals surface area contributed by atoms with Gasteiger partial charge in [-0.3, -0.25) is 14.5 Å². The minimum atomic E-state index is -2.80. The van der Waals surface area contributed by atoms with Gasteiger partial charge in [0, 0.05) is 25.2 Å². The van der Waals surface area contributed by atoms with Crippen LogP contribution in [0, 0.1) is 16.7 Å². The van der Waals surface area contributed by atoms with E-state index in [2.05, 4.69) is 41.5 Å². The highest BCUT2D eigenvalue weighted by molar-refractivity contribution is 6.74. The molecule has 0 radical (unpaired) electrons. The summed E-state index contributed by atoms with van der Waals surface area (Å²) < 4.78 is 54.2. The Morgan fingerprint density at radius 1 is 0.800 bits per heavy atom. The summed E-state index contributed by atoms with van der Waals surface area (Å²) in [6, 6.07) is 20.7. The third kappa shape index (κ3) is 10.0. The Kier molecular flexibility index (Phi) is 16.5. The number of benzene rings is 2. The molecule has 11 atom stereocenters. The van der Waals surface area contributed by atoms with Crippen molar-refractivity contribution in [1.82, 2.24) is 4.90 Å². The second kappa shape index (κ2) is 21.2. The normalized spacial score (nSPS) is 32.2. The SMILES string of the molecule is CC[Si](CC)(CC)O[C@H]1C(=O)[C@@]2(C)C([C@H](OC(=O)c3ccccc3)[C@]3(O)C[C@H](OC(=O)[C@@H]4OC(C)(C)N(C(=O)OC(C)(C)C)[C@H]4c4ccccc4)C(C)=C1C3(C)C)[C@]1(OC(C)=O)CO[C@@H]1C[C@@H]2O[Si](CC)(CC)CC. The molecule has 1 unspecified atom stereocenters. The summed E-state index contributed by atoms with van der Waals surface area (Å²) in [7, 11) is -5.39. The van der Waals surface area contributed by atoms with Gasteiger partial charge in [-0.05, 0) is 114 Å². The molecule has 2 bridgehead atoms. The van der Waals surface area contributed by atoms with Gasteiger partial charge in [0.15, 0.2) is 34.1 Å². The summed E-state index contributed by atoms with van der Waals surface area (Å²) in [4.78, 5) is 76.8. The van der Waals surface area contributed by atoms with Gasteiger partial charge in [-0.1, -0.05) is 104 Å². The number of esters is 3. The summed E-state index contributed by atoms with van der Waals surface area (Å²) in [5.41, 5.74) is -7.52. The van der Waals surface area contributed by atoms with Crippen molar-refractivity contribution < 1.29 is 66.4 Å². The van der Waals surface area contributed by atoms with Gasteiger partial charge in [0.25, 0.3) is 0 Å². The van der Waals surface area contributed by atoms with E-state index in [-0.39, 0.29) is 30.8 Å². The summed E-state index contributed by atoms with van der Waals surface area (Å²) >= 11 is 0. The maximum Gasteiger partial charge on any atom is 0.413 e. The first-order valence-corrected chi connectivity index (χ1v) is 32.5. The molecule has 1 N–H and O–H groups in total. The van der Waals surface area contributed by atoms with Crippen molar-refractivity contribution >= 4 is 46.4 Å². The molecule has 0 aromatic heterocycles. The van der Waals surface area contributed by atoms with Crippen LogP contribution < -0.4 is 0 Å². The zero-order valence-corrected chi connectivity index (χ0v) is 49.5. The molecule has 2 aromatic carbocycles. The van der Waals surface area contributed by atoms with Crippen molar-refractivity contribution in [3.63, 3.8) is 0 Å². The lowest BCUT2D eigenvalue weighted by Gasteiger charge is -2.68. The van der Waals surface area contributed by atoms with E-state index in [1.54, 1.807) is 89.2 Å². The molecular weight excluding hydrogens is 991 g/mol. The Bertz CT molecular complexity index is 2470. The summed E-state index contributed by atoms with van der Waals surface area (Å²) in [6.07, 6.45) is -8.15. The number of rotatable bonds is 16. The third-order valence-corrected chi connectivity index (χ3v) is 27.5. The van der Waals surface area contributed by atoms with Crippen molar-refractivity contribution in [2.24, 2.45) is 16.7 Å². The van der Waals surface area contributed by atoms with Gasteiger partial charge in [-0.25, -0.2) is 14.4 Å². The van der Waals surface area contributed by atoms with Gasteiger partial charge < -0.3 is 42.4 Å². The number of aliphatic hydroxyl groups is 1. The molecule has 3 aliphatic carbocycles. The van der Waals surface area contributed by atoms with Crippen molar-refractivity contribution in [2.75, 3.05) is 6.61 Å². The molecule has 2 aromatic rings. The van der Waals surface area contributed by atoms with Crippen LogP contribution in [0.3, 0.4) is 0 Å². The van der Waals surface area contributed by atoms with Crippen LogP contribution in [0.2, 0.25) is 36.3 Å². The van der Waals surface area contributed by atoms with Crippen molar-refractivity contribution in [2.45, 2.75) is 225 Å². The zero-order chi connectivity index (χ0) is 55.5. The molecule has 2 saturated carbocycles. The van der Waals surface area contributed by atoms with E-state index in [9.17, 15) is 19.5 Å². The van der Waals surface area contributed by atoms with E-state index in [0.29, 0.717) is 34.8 Å². The molecule has 75 heavy (non-hydrogen) atoms. The van der Waals surface area contributed by atoms with Crippen molar-refractivity contribution in [3.8, 4) is 0 Å². The van der Waals surface area contributed by atoms with Crippen molar-refractivity contribution in [3.05, 3.63) is 82.9 Å². The maximum absolute atomic E-state index is 17.1. The highest BCUT2D eigenvalue weighted by Crippen LogP contribution is 2.66. The van der Waals surface area contributed by atoms with Crippen LogP contribution in [0.4, 0.5) is 4.79 Å². The Balaban J connectivity index is 1.51. The highest BCUT2D eigenvalue weighted by atomic mass is 28.4. The highest BCUT2D eigenvalue weighted by Gasteiger charge is 2.79. The van der Waals surface area contributed by atoms with Crippen LogP contribution in [0.25, 0.3) is 0 Å². The van der Waals surface area contributed by atoms with E-state index in [0.717, 1.165) is 18.1 Å².